The molecule has 0 fully saturated rings. The minimum Gasteiger partial charge on any atom is -0.344 e. The fourth-order valence-electron chi connectivity index (χ4n) is 2.23. The fraction of sp³-hybridized carbons (Fsp3) is 0.235. The van der Waals surface area contributed by atoms with E-state index in [1.165, 1.54) is 6.07 Å². The summed E-state index contributed by atoms with van der Waals surface area (Å²) in [6.45, 7) is 1.99. The highest BCUT2D eigenvalue weighted by Crippen LogP contribution is 2.31. The summed E-state index contributed by atoms with van der Waals surface area (Å²) in [6, 6.07) is 14.2. The highest BCUT2D eigenvalue weighted by molar-refractivity contribution is 5.67. The van der Waals surface area contributed by atoms with Crippen molar-refractivity contribution in [3.8, 4) is 6.07 Å². The first-order valence-electron chi connectivity index (χ1n) is 6.77. The Morgan fingerprint density at radius 3 is 2.43 bits per heavy atom. The molecule has 2 rings (SSSR count). The monoisotopic (exact) mass is 283 g/mol. The second-order valence-electron chi connectivity index (χ2n) is 4.93. The van der Waals surface area contributed by atoms with Crippen LogP contribution in [0.5, 0.6) is 0 Å². The number of rotatable bonds is 4. The lowest BCUT2D eigenvalue weighted by Crippen LogP contribution is -2.18. The Balaban J connectivity index is 2.42. The van der Waals surface area contributed by atoms with Crippen molar-refractivity contribution in [2.75, 3.05) is 19.0 Å². The molecule has 108 valence electrons. The predicted octanol–water partition coefficient (Wildman–Crippen LogP) is 3.75. The van der Waals surface area contributed by atoms with Crippen molar-refractivity contribution < 1.29 is 4.39 Å². The lowest BCUT2D eigenvalue weighted by Gasteiger charge is -2.25. The van der Waals surface area contributed by atoms with Gasteiger partial charge in [0.05, 0.1) is 11.6 Å². The van der Waals surface area contributed by atoms with Crippen LogP contribution in [0.3, 0.4) is 0 Å². The molecule has 1 unspecified atom stereocenters. The number of nitrogens with zero attached hydrogens (tertiary/aromatic N) is 2. The number of anilines is 2. The molecule has 2 aromatic carbocycles. The maximum atomic E-state index is 13.5. The topological polar surface area (TPSA) is 39.1 Å². The molecule has 0 saturated heterocycles. The molecular formula is C17H18FN3. The van der Waals surface area contributed by atoms with Gasteiger partial charge < -0.3 is 10.2 Å². The van der Waals surface area contributed by atoms with Crippen LogP contribution >= 0.6 is 0 Å². The Kier molecular flexibility index (Phi) is 4.56. The fourth-order valence-corrected chi connectivity index (χ4v) is 2.23. The van der Waals surface area contributed by atoms with Crippen LogP contribution in [0.1, 0.15) is 24.1 Å². The van der Waals surface area contributed by atoms with E-state index in [1.807, 2.05) is 38.1 Å². The van der Waals surface area contributed by atoms with Gasteiger partial charge >= 0.3 is 0 Å². The highest BCUT2D eigenvalue weighted by atomic mass is 19.1. The molecule has 2 aromatic rings. The van der Waals surface area contributed by atoms with Gasteiger partial charge in [0, 0.05) is 24.5 Å². The standard InChI is InChI=1S/C17H18FN3/c1-12(20-2)16-10-14(18)6-9-17(16)21(3)15-7-4-13(11-19)5-8-15/h4-10,12,20H,1-3H3. The maximum Gasteiger partial charge on any atom is 0.123 e. The van der Waals surface area contributed by atoms with Crippen molar-refractivity contribution in [1.29, 1.82) is 5.26 Å². The third kappa shape index (κ3) is 3.21. The maximum absolute atomic E-state index is 13.5. The first-order chi connectivity index (χ1) is 10.1. The molecule has 1 atom stereocenters. The van der Waals surface area contributed by atoms with Gasteiger partial charge in [0.2, 0.25) is 0 Å². The van der Waals surface area contributed by atoms with Gasteiger partial charge in [-0.15, -0.1) is 0 Å². The van der Waals surface area contributed by atoms with Crippen LogP contribution in [0.4, 0.5) is 15.8 Å². The Bertz CT molecular complexity index is 659. The van der Waals surface area contributed by atoms with Gasteiger partial charge in [-0.2, -0.15) is 5.26 Å². The van der Waals surface area contributed by atoms with Crippen LogP contribution in [0.2, 0.25) is 0 Å². The van der Waals surface area contributed by atoms with E-state index in [2.05, 4.69) is 11.4 Å². The highest BCUT2D eigenvalue weighted by Gasteiger charge is 2.14. The molecule has 0 aliphatic carbocycles. The first kappa shape index (κ1) is 15.0. The second-order valence-corrected chi connectivity index (χ2v) is 4.93. The number of nitrogens with one attached hydrogen (secondary N) is 1. The predicted molar refractivity (Wildman–Crippen MR) is 83.1 cm³/mol. The minimum atomic E-state index is -0.246. The summed E-state index contributed by atoms with van der Waals surface area (Å²) in [5.74, 6) is -0.246. The molecule has 0 radical (unpaired) electrons. The van der Waals surface area contributed by atoms with E-state index < -0.39 is 0 Å². The number of hydrogen-bond donors (Lipinski definition) is 1. The normalized spacial score (nSPS) is 11.8. The molecule has 0 bridgehead atoms. The smallest absolute Gasteiger partial charge is 0.123 e. The van der Waals surface area contributed by atoms with Crippen molar-refractivity contribution >= 4 is 11.4 Å². The molecule has 4 heteroatoms. The summed E-state index contributed by atoms with van der Waals surface area (Å²) in [6.07, 6.45) is 0. The Hall–Kier alpha value is -2.38. The van der Waals surface area contributed by atoms with E-state index in [0.717, 1.165) is 16.9 Å². The molecule has 0 amide bonds. The zero-order chi connectivity index (χ0) is 15.4. The Morgan fingerprint density at radius 2 is 1.86 bits per heavy atom. The van der Waals surface area contributed by atoms with Gasteiger partial charge in [-0.3, -0.25) is 0 Å². The molecule has 0 spiro atoms. The van der Waals surface area contributed by atoms with Crippen molar-refractivity contribution in [2.24, 2.45) is 0 Å². The van der Waals surface area contributed by atoms with Crippen LogP contribution in [0.15, 0.2) is 42.5 Å². The number of hydrogen-bond acceptors (Lipinski definition) is 3. The van der Waals surface area contributed by atoms with Crippen molar-refractivity contribution in [3.05, 3.63) is 59.4 Å². The summed E-state index contributed by atoms with van der Waals surface area (Å²) in [4.78, 5) is 1.99. The third-order valence-corrected chi connectivity index (χ3v) is 3.63. The summed E-state index contributed by atoms with van der Waals surface area (Å²) in [5, 5.41) is 12.0. The van der Waals surface area contributed by atoms with E-state index in [4.69, 9.17) is 5.26 Å². The zero-order valence-corrected chi connectivity index (χ0v) is 12.4. The number of nitriles is 1. The van der Waals surface area contributed by atoms with E-state index >= 15 is 0 Å². The summed E-state index contributed by atoms with van der Waals surface area (Å²) in [7, 11) is 3.78. The number of halogens is 1. The first-order valence-corrected chi connectivity index (χ1v) is 6.77. The van der Waals surface area contributed by atoms with Crippen molar-refractivity contribution in [3.63, 3.8) is 0 Å². The molecule has 21 heavy (non-hydrogen) atoms. The van der Waals surface area contributed by atoms with Gasteiger partial charge in [0.25, 0.3) is 0 Å². The molecule has 0 saturated carbocycles. The molecule has 0 heterocycles. The van der Waals surface area contributed by atoms with Crippen LogP contribution in [-0.2, 0) is 0 Å². The quantitative estimate of drug-likeness (QED) is 0.929. The molecule has 0 aliphatic rings. The average Bonchev–Trinajstić information content (AvgIpc) is 2.53. The minimum absolute atomic E-state index is 0.0385. The van der Waals surface area contributed by atoms with Gasteiger partial charge in [0.15, 0.2) is 0 Å². The molecular weight excluding hydrogens is 265 g/mol. The van der Waals surface area contributed by atoms with Crippen LogP contribution in [0, 0.1) is 17.1 Å². The summed E-state index contributed by atoms with van der Waals surface area (Å²) in [5.41, 5.74) is 3.40. The van der Waals surface area contributed by atoms with Gasteiger partial charge in [-0.25, -0.2) is 4.39 Å². The SMILES string of the molecule is CNC(C)c1cc(F)ccc1N(C)c1ccc(C#N)cc1. The Labute approximate surface area is 124 Å². The van der Waals surface area contributed by atoms with E-state index in [1.54, 1.807) is 24.3 Å². The van der Waals surface area contributed by atoms with E-state index in [0.29, 0.717) is 5.56 Å². The van der Waals surface area contributed by atoms with Gasteiger partial charge in [-0.1, -0.05) is 0 Å². The average molecular weight is 283 g/mol. The van der Waals surface area contributed by atoms with E-state index in [-0.39, 0.29) is 11.9 Å². The van der Waals surface area contributed by atoms with Crippen LogP contribution in [0.25, 0.3) is 0 Å². The molecule has 3 nitrogen and oxygen atoms in total. The van der Waals surface area contributed by atoms with Gasteiger partial charge in [0.1, 0.15) is 5.82 Å². The molecule has 0 aromatic heterocycles. The number of benzene rings is 2. The lowest BCUT2D eigenvalue weighted by molar-refractivity contribution is 0.608. The largest absolute Gasteiger partial charge is 0.344 e. The summed E-state index contributed by atoms with van der Waals surface area (Å²) < 4.78 is 13.5. The molecule has 1 N–H and O–H groups in total. The van der Waals surface area contributed by atoms with Crippen LogP contribution < -0.4 is 10.2 Å². The van der Waals surface area contributed by atoms with Gasteiger partial charge in [-0.05, 0) is 62.0 Å². The van der Waals surface area contributed by atoms with Crippen molar-refractivity contribution in [2.45, 2.75) is 13.0 Å². The third-order valence-electron chi connectivity index (χ3n) is 3.63. The second kappa shape index (κ2) is 6.38. The lowest BCUT2D eigenvalue weighted by atomic mass is 10.0. The van der Waals surface area contributed by atoms with Crippen molar-refractivity contribution in [1.82, 2.24) is 5.32 Å². The van der Waals surface area contributed by atoms with Crippen LogP contribution in [-0.4, -0.2) is 14.1 Å². The Morgan fingerprint density at radius 1 is 1.19 bits per heavy atom. The summed E-state index contributed by atoms with van der Waals surface area (Å²) >= 11 is 0. The molecule has 0 aliphatic heterocycles. The zero-order valence-electron chi connectivity index (χ0n) is 12.4. The van der Waals surface area contributed by atoms with E-state index in [9.17, 15) is 4.39 Å².